The summed E-state index contributed by atoms with van der Waals surface area (Å²) in [5.74, 6) is 0.686. The summed E-state index contributed by atoms with van der Waals surface area (Å²) in [5.41, 5.74) is 6.23. The van der Waals surface area contributed by atoms with E-state index in [1.54, 1.807) is 0 Å². The summed E-state index contributed by atoms with van der Waals surface area (Å²) in [6.45, 7) is 8.69. The number of nitrogens with one attached hydrogen (secondary N) is 1. The number of H-pyrrole nitrogens is 1. The number of tetrazole rings is 1. The monoisotopic (exact) mass is 589 g/mol. The van der Waals surface area contributed by atoms with Gasteiger partial charge in [0.15, 0.2) is 5.82 Å². The molecule has 2 saturated heterocycles. The summed E-state index contributed by atoms with van der Waals surface area (Å²) in [7, 11) is 0. The first-order valence-corrected chi connectivity index (χ1v) is 15.6. The Hall–Kier alpha value is -4.18. The standard InChI is InChI=1S/C35H39N7O2/c1-24-20-25(2)29-22-30(35(43)36-31(29)21-24)33(34-37-38-39-42(34)23-28-14-9-19-44-28)41-17-15-40(16-18-41)32(26-10-5-3-6-11-26)27-12-7-4-8-13-27/h3-8,10-13,20-22,28,32-33H,9,14-19,23H2,1-2H3,(H,36,43)/t28-,33-/m0/s1. The number of aromatic amines is 1. The number of hydrogen-bond acceptors (Lipinski definition) is 7. The molecule has 9 nitrogen and oxygen atoms in total. The number of ether oxygens (including phenoxy) is 1. The molecule has 44 heavy (non-hydrogen) atoms. The number of fused-ring (bicyclic) bond motifs is 1. The Labute approximate surface area is 257 Å². The van der Waals surface area contributed by atoms with Gasteiger partial charge in [-0.15, -0.1) is 5.10 Å². The second-order valence-electron chi connectivity index (χ2n) is 12.1. The number of nitrogens with zero attached hydrogens (tertiary/aromatic N) is 6. The first kappa shape index (κ1) is 28.6. The topological polar surface area (TPSA) is 92.2 Å². The van der Waals surface area contributed by atoms with Crippen molar-refractivity contribution >= 4 is 10.9 Å². The van der Waals surface area contributed by atoms with Crippen molar-refractivity contribution < 1.29 is 4.74 Å². The zero-order valence-electron chi connectivity index (χ0n) is 25.4. The molecule has 3 aromatic carbocycles. The fourth-order valence-corrected chi connectivity index (χ4v) is 7.05. The van der Waals surface area contributed by atoms with Crippen molar-refractivity contribution in [3.05, 3.63) is 123 Å². The van der Waals surface area contributed by atoms with E-state index in [0.717, 1.165) is 67.7 Å². The number of benzene rings is 3. The predicted molar refractivity (Wildman–Crippen MR) is 171 cm³/mol. The SMILES string of the molecule is Cc1cc(C)c2cc([C@@H](c3nnnn3C[C@@H]3CCCO3)N3CCN(C(c4ccccc4)c4ccccc4)CC3)c(=O)[nH]c2c1. The van der Waals surface area contributed by atoms with Gasteiger partial charge in [0.25, 0.3) is 5.56 Å². The van der Waals surface area contributed by atoms with Crippen LogP contribution in [-0.2, 0) is 11.3 Å². The first-order valence-electron chi connectivity index (χ1n) is 15.6. The molecular weight excluding hydrogens is 550 g/mol. The van der Waals surface area contributed by atoms with Gasteiger partial charge >= 0.3 is 0 Å². The maximum Gasteiger partial charge on any atom is 0.253 e. The van der Waals surface area contributed by atoms with Crippen molar-refractivity contribution in [3.63, 3.8) is 0 Å². The summed E-state index contributed by atoms with van der Waals surface area (Å²) >= 11 is 0. The third-order valence-corrected chi connectivity index (χ3v) is 9.15. The van der Waals surface area contributed by atoms with Crippen molar-refractivity contribution in [1.82, 2.24) is 35.0 Å². The Balaban J connectivity index is 1.25. The number of rotatable bonds is 8. The Bertz CT molecular complexity index is 1730. The van der Waals surface area contributed by atoms with Crippen LogP contribution < -0.4 is 5.56 Å². The van der Waals surface area contributed by atoms with Crippen molar-refractivity contribution in [2.24, 2.45) is 0 Å². The normalized spacial score (nSPS) is 18.8. The molecule has 2 aromatic heterocycles. The largest absolute Gasteiger partial charge is 0.376 e. The lowest BCUT2D eigenvalue weighted by atomic mass is 9.95. The zero-order valence-corrected chi connectivity index (χ0v) is 25.4. The maximum atomic E-state index is 13.8. The second-order valence-corrected chi connectivity index (χ2v) is 12.1. The highest BCUT2D eigenvalue weighted by Crippen LogP contribution is 2.33. The lowest BCUT2D eigenvalue weighted by Gasteiger charge is -2.42. The summed E-state index contributed by atoms with van der Waals surface area (Å²) in [6, 6.07) is 27.4. The molecule has 0 spiro atoms. The van der Waals surface area contributed by atoms with Gasteiger partial charge in [0.1, 0.15) is 6.04 Å². The van der Waals surface area contributed by atoms with Gasteiger partial charge in [-0.05, 0) is 71.5 Å². The van der Waals surface area contributed by atoms with E-state index < -0.39 is 6.04 Å². The van der Waals surface area contributed by atoms with Crippen LogP contribution in [0.5, 0.6) is 0 Å². The van der Waals surface area contributed by atoms with Crippen LogP contribution in [0.15, 0.2) is 83.7 Å². The molecule has 1 N–H and O–H groups in total. The van der Waals surface area contributed by atoms with Gasteiger partial charge in [-0.2, -0.15) is 0 Å². The molecule has 0 aliphatic carbocycles. The van der Waals surface area contributed by atoms with Gasteiger partial charge in [0.2, 0.25) is 0 Å². The lowest BCUT2D eigenvalue weighted by Crippen LogP contribution is -2.50. The van der Waals surface area contributed by atoms with E-state index in [-0.39, 0.29) is 17.7 Å². The average Bonchev–Trinajstić information content (AvgIpc) is 3.73. The second kappa shape index (κ2) is 12.4. The lowest BCUT2D eigenvalue weighted by molar-refractivity contribution is 0.0778. The number of aromatic nitrogens is 5. The Morgan fingerprint density at radius 1 is 0.886 bits per heavy atom. The van der Waals surface area contributed by atoms with Crippen LogP contribution in [0.2, 0.25) is 0 Å². The van der Waals surface area contributed by atoms with Crippen molar-refractivity contribution in [2.75, 3.05) is 32.8 Å². The predicted octanol–water partition coefficient (Wildman–Crippen LogP) is 4.81. The highest BCUT2D eigenvalue weighted by molar-refractivity contribution is 5.83. The fraction of sp³-hybridized carbons (Fsp3) is 0.371. The molecule has 5 aromatic rings. The summed E-state index contributed by atoms with van der Waals surface area (Å²) in [6.07, 6.45) is 2.10. The first-order chi connectivity index (χ1) is 21.5. The van der Waals surface area contributed by atoms with Gasteiger partial charge in [0.05, 0.1) is 18.7 Å². The maximum absolute atomic E-state index is 13.8. The van der Waals surface area contributed by atoms with Crippen LogP contribution in [0, 0.1) is 13.8 Å². The average molecular weight is 590 g/mol. The fourth-order valence-electron chi connectivity index (χ4n) is 7.05. The van der Waals surface area contributed by atoms with Crippen LogP contribution in [0.1, 0.15) is 58.6 Å². The van der Waals surface area contributed by atoms with Crippen LogP contribution in [0.4, 0.5) is 0 Å². The van der Waals surface area contributed by atoms with Crippen molar-refractivity contribution in [1.29, 1.82) is 0 Å². The molecule has 0 radical (unpaired) electrons. The molecule has 2 aliphatic rings. The Morgan fingerprint density at radius 2 is 1.55 bits per heavy atom. The smallest absolute Gasteiger partial charge is 0.253 e. The highest BCUT2D eigenvalue weighted by atomic mass is 16.5. The van der Waals surface area contributed by atoms with E-state index in [1.165, 1.54) is 11.1 Å². The van der Waals surface area contributed by atoms with Gasteiger partial charge in [-0.25, -0.2) is 4.68 Å². The number of aryl methyl sites for hydroxylation is 2. The van der Waals surface area contributed by atoms with Gasteiger partial charge < -0.3 is 9.72 Å². The Kier molecular flexibility index (Phi) is 8.08. The van der Waals surface area contributed by atoms with E-state index in [1.807, 2.05) is 10.7 Å². The van der Waals surface area contributed by atoms with Crippen molar-refractivity contribution in [2.45, 2.75) is 51.4 Å². The molecule has 9 heteroatoms. The van der Waals surface area contributed by atoms with Crippen LogP contribution in [0.25, 0.3) is 10.9 Å². The molecule has 0 saturated carbocycles. The molecule has 0 unspecified atom stereocenters. The quantitative estimate of drug-likeness (QED) is 0.278. The third kappa shape index (κ3) is 5.70. The molecule has 226 valence electrons. The molecule has 7 rings (SSSR count). The minimum atomic E-state index is -0.394. The third-order valence-electron chi connectivity index (χ3n) is 9.15. The minimum absolute atomic E-state index is 0.0763. The molecule has 2 fully saturated rings. The molecular formula is C35H39N7O2. The van der Waals surface area contributed by atoms with Gasteiger partial charge in [-0.1, -0.05) is 66.7 Å². The summed E-state index contributed by atoms with van der Waals surface area (Å²) in [5, 5.41) is 14.1. The minimum Gasteiger partial charge on any atom is -0.376 e. The van der Waals surface area contributed by atoms with Gasteiger partial charge in [-0.3, -0.25) is 14.6 Å². The zero-order chi connectivity index (χ0) is 30.0. The summed E-state index contributed by atoms with van der Waals surface area (Å²) in [4.78, 5) is 22.0. The Morgan fingerprint density at radius 3 is 2.18 bits per heavy atom. The van der Waals surface area contributed by atoms with E-state index in [4.69, 9.17) is 4.74 Å². The van der Waals surface area contributed by atoms with E-state index >= 15 is 0 Å². The molecule has 4 heterocycles. The highest BCUT2D eigenvalue weighted by Gasteiger charge is 2.35. The number of pyridine rings is 1. The number of hydrogen-bond donors (Lipinski definition) is 1. The van der Waals surface area contributed by atoms with Gasteiger partial charge in [0, 0.05) is 49.3 Å². The van der Waals surface area contributed by atoms with E-state index in [9.17, 15) is 4.79 Å². The molecule has 2 atom stereocenters. The van der Waals surface area contributed by atoms with Crippen molar-refractivity contribution in [3.8, 4) is 0 Å². The van der Waals surface area contributed by atoms with Crippen LogP contribution in [0.3, 0.4) is 0 Å². The molecule has 0 amide bonds. The molecule has 0 bridgehead atoms. The van der Waals surface area contributed by atoms with E-state index in [0.29, 0.717) is 17.9 Å². The number of piperazine rings is 1. The summed E-state index contributed by atoms with van der Waals surface area (Å²) < 4.78 is 7.80. The van der Waals surface area contributed by atoms with Crippen LogP contribution >= 0.6 is 0 Å². The molecule has 2 aliphatic heterocycles. The van der Waals surface area contributed by atoms with Crippen LogP contribution in [-0.4, -0.2) is 73.9 Å². The van der Waals surface area contributed by atoms with E-state index in [2.05, 4.69) is 117 Å².